The lowest BCUT2D eigenvalue weighted by Gasteiger charge is -2.12. The van der Waals surface area contributed by atoms with Crippen LogP contribution in [0, 0.1) is 0 Å². The summed E-state index contributed by atoms with van der Waals surface area (Å²) in [6.07, 6.45) is 0.905. The molecule has 1 fully saturated rings. The van der Waals surface area contributed by atoms with Gasteiger partial charge in [-0.25, -0.2) is 0 Å². The fraction of sp³-hybridized carbons (Fsp3) is 0.833. The second-order valence-corrected chi connectivity index (χ2v) is 2.79. The van der Waals surface area contributed by atoms with Gasteiger partial charge in [-0.1, -0.05) is 0 Å². The number of rotatable bonds is 1. The zero-order chi connectivity index (χ0) is 7.56. The molecule has 2 N–H and O–H groups in total. The van der Waals surface area contributed by atoms with Crippen LogP contribution in [0.4, 0.5) is 0 Å². The van der Waals surface area contributed by atoms with Crippen LogP contribution in [0.15, 0.2) is 0 Å². The molecule has 1 rings (SSSR count). The molecule has 1 aliphatic rings. The van der Waals surface area contributed by atoms with E-state index in [9.17, 15) is 4.79 Å². The Morgan fingerprint density at radius 3 is 2.90 bits per heavy atom. The number of carbonyl (C=O) groups excluding carboxylic acids is 1. The van der Waals surface area contributed by atoms with E-state index in [2.05, 4.69) is 0 Å². The van der Waals surface area contributed by atoms with Gasteiger partial charge in [0.2, 0.25) is 5.91 Å². The topological polar surface area (TPSA) is 46.3 Å². The van der Waals surface area contributed by atoms with Gasteiger partial charge in [0.05, 0.1) is 0 Å². The maximum Gasteiger partial charge on any atom is 0.237 e. The molecule has 0 radical (unpaired) electrons. The Labute approximate surface area is 65.1 Å². The van der Waals surface area contributed by atoms with E-state index in [1.807, 2.05) is 0 Å². The van der Waals surface area contributed by atoms with Gasteiger partial charge in [0, 0.05) is 19.1 Å². The number of likely N-dealkylation sites (tertiary alicyclic amines) is 1. The number of nitrogens with zero attached hydrogens (tertiary/aromatic N) is 1. The minimum Gasteiger partial charge on any atom is -0.340 e. The first kappa shape index (κ1) is 7.82. The van der Waals surface area contributed by atoms with Gasteiger partial charge in [0.25, 0.3) is 0 Å². The van der Waals surface area contributed by atoms with Crippen molar-refractivity contribution in [3.63, 3.8) is 0 Å². The Morgan fingerprint density at radius 2 is 2.50 bits per heavy atom. The van der Waals surface area contributed by atoms with Crippen molar-refractivity contribution in [3.05, 3.63) is 0 Å². The van der Waals surface area contributed by atoms with Crippen LogP contribution in [0.25, 0.3) is 0 Å². The molecule has 0 aromatic carbocycles. The van der Waals surface area contributed by atoms with Crippen molar-refractivity contribution in [1.82, 2.24) is 4.90 Å². The van der Waals surface area contributed by atoms with Crippen LogP contribution in [0.5, 0.6) is 0 Å². The van der Waals surface area contributed by atoms with Crippen molar-refractivity contribution in [3.8, 4) is 0 Å². The third kappa shape index (κ3) is 1.61. The highest BCUT2D eigenvalue weighted by Gasteiger charge is 2.22. The summed E-state index contributed by atoms with van der Waals surface area (Å²) in [5.41, 5.74) is 5.58. The van der Waals surface area contributed by atoms with Crippen LogP contribution in [0.3, 0.4) is 0 Å². The maximum absolute atomic E-state index is 10.9. The lowest BCUT2D eigenvalue weighted by molar-refractivity contribution is -0.127. The number of nitrogens with two attached hydrogens (primary N) is 1. The fourth-order valence-corrected chi connectivity index (χ4v) is 1.27. The average Bonchev–Trinajstić information content (AvgIpc) is 2.34. The van der Waals surface area contributed by atoms with E-state index in [0.717, 1.165) is 13.0 Å². The van der Waals surface area contributed by atoms with Gasteiger partial charge in [-0.2, -0.15) is 0 Å². The predicted molar refractivity (Wildman–Crippen MR) is 39.9 cm³/mol. The molecular weight excluding hydrogens is 152 g/mol. The highest BCUT2D eigenvalue weighted by molar-refractivity contribution is 6.27. The summed E-state index contributed by atoms with van der Waals surface area (Å²) >= 11 is 5.35. The van der Waals surface area contributed by atoms with Gasteiger partial charge in [-0.05, 0) is 6.42 Å². The Bertz CT molecular complexity index is 140. The fourth-order valence-electron chi connectivity index (χ4n) is 1.10. The first-order valence-corrected chi connectivity index (χ1v) is 3.87. The molecule has 1 aliphatic heterocycles. The Kier molecular flexibility index (Phi) is 2.51. The van der Waals surface area contributed by atoms with E-state index in [1.165, 1.54) is 0 Å². The van der Waals surface area contributed by atoms with Gasteiger partial charge in [0.15, 0.2) is 0 Å². The molecule has 58 valence electrons. The van der Waals surface area contributed by atoms with E-state index in [-0.39, 0.29) is 17.8 Å². The molecule has 0 unspecified atom stereocenters. The highest BCUT2D eigenvalue weighted by Crippen LogP contribution is 2.06. The van der Waals surface area contributed by atoms with E-state index >= 15 is 0 Å². The SMILES string of the molecule is N[C@@H]1CCN(C(=O)CCl)C1. The molecule has 10 heavy (non-hydrogen) atoms. The number of amides is 1. The molecular formula is C6H11ClN2O. The number of alkyl halides is 1. The zero-order valence-electron chi connectivity index (χ0n) is 5.72. The minimum atomic E-state index is -0.00498. The monoisotopic (exact) mass is 162 g/mol. The number of hydrogen-bond donors (Lipinski definition) is 1. The lowest BCUT2D eigenvalue weighted by atomic mass is 10.3. The summed E-state index contributed by atoms with van der Waals surface area (Å²) in [5, 5.41) is 0. The molecule has 1 atom stereocenters. The van der Waals surface area contributed by atoms with Crippen molar-refractivity contribution in [2.24, 2.45) is 5.73 Å². The second kappa shape index (κ2) is 3.21. The number of carbonyl (C=O) groups is 1. The molecule has 1 heterocycles. The van der Waals surface area contributed by atoms with Crippen molar-refractivity contribution in [2.45, 2.75) is 12.5 Å². The summed E-state index contributed by atoms with van der Waals surface area (Å²) in [6.45, 7) is 1.44. The average molecular weight is 163 g/mol. The van der Waals surface area contributed by atoms with Crippen molar-refractivity contribution < 1.29 is 4.79 Å². The van der Waals surface area contributed by atoms with E-state index < -0.39 is 0 Å². The van der Waals surface area contributed by atoms with Crippen molar-refractivity contribution in [2.75, 3.05) is 19.0 Å². The molecule has 4 heteroatoms. The van der Waals surface area contributed by atoms with Gasteiger partial charge >= 0.3 is 0 Å². The number of hydrogen-bond acceptors (Lipinski definition) is 2. The molecule has 0 spiro atoms. The smallest absolute Gasteiger partial charge is 0.237 e. The van der Waals surface area contributed by atoms with Gasteiger partial charge in [-0.15, -0.1) is 11.6 Å². The second-order valence-electron chi connectivity index (χ2n) is 2.52. The standard InChI is InChI=1S/C6H11ClN2O/c7-3-6(10)9-2-1-5(8)4-9/h5H,1-4,8H2/t5-/m1/s1. The molecule has 0 aromatic heterocycles. The molecule has 1 saturated heterocycles. The molecule has 3 nitrogen and oxygen atoms in total. The van der Waals surface area contributed by atoms with E-state index in [0.29, 0.717) is 6.54 Å². The lowest BCUT2D eigenvalue weighted by Crippen LogP contribution is -2.32. The first-order chi connectivity index (χ1) is 4.74. The molecule has 0 bridgehead atoms. The van der Waals surface area contributed by atoms with Crippen LogP contribution < -0.4 is 5.73 Å². The van der Waals surface area contributed by atoms with Gasteiger partial charge < -0.3 is 10.6 Å². The van der Waals surface area contributed by atoms with Gasteiger partial charge in [-0.3, -0.25) is 4.79 Å². The van der Waals surface area contributed by atoms with Crippen molar-refractivity contribution >= 4 is 17.5 Å². The minimum absolute atomic E-state index is 0.00498. The van der Waals surface area contributed by atoms with E-state index in [4.69, 9.17) is 17.3 Å². The van der Waals surface area contributed by atoms with Crippen LogP contribution in [0.2, 0.25) is 0 Å². The largest absolute Gasteiger partial charge is 0.340 e. The maximum atomic E-state index is 10.9. The summed E-state index contributed by atoms with van der Waals surface area (Å²) in [7, 11) is 0. The Morgan fingerprint density at radius 1 is 1.80 bits per heavy atom. The molecule has 0 aliphatic carbocycles. The first-order valence-electron chi connectivity index (χ1n) is 3.33. The summed E-state index contributed by atoms with van der Waals surface area (Å²) < 4.78 is 0. The van der Waals surface area contributed by atoms with Crippen LogP contribution in [-0.2, 0) is 4.79 Å². The normalized spacial score (nSPS) is 25.4. The third-order valence-electron chi connectivity index (χ3n) is 1.69. The quantitative estimate of drug-likeness (QED) is 0.543. The number of halogens is 1. The summed E-state index contributed by atoms with van der Waals surface area (Å²) in [4.78, 5) is 12.6. The van der Waals surface area contributed by atoms with Crippen LogP contribution in [-0.4, -0.2) is 35.8 Å². The third-order valence-corrected chi connectivity index (χ3v) is 1.92. The molecule has 0 saturated carbocycles. The van der Waals surface area contributed by atoms with Crippen LogP contribution >= 0.6 is 11.6 Å². The summed E-state index contributed by atoms with van der Waals surface area (Å²) in [6, 6.07) is 0.159. The molecule has 0 aromatic rings. The zero-order valence-corrected chi connectivity index (χ0v) is 6.47. The Hall–Kier alpha value is -0.280. The summed E-state index contributed by atoms with van der Waals surface area (Å²) in [5.74, 6) is 0.0711. The van der Waals surface area contributed by atoms with E-state index in [1.54, 1.807) is 4.90 Å². The van der Waals surface area contributed by atoms with Gasteiger partial charge in [0.1, 0.15) is 5.88 Å². The predicted octanol–water partition coefficient (Wildman–Crippen LogP) is -0.215. The highest BCUT2D eigenvalue weighted by atomic mass is 35.5. The Balaban J connectivity index is 2.37. The molecule has 1 amide bonds. The van der Waals surface area contributed by atoms with Crippen LogP contribution in [0.1, 0.15) is 6.42 Å². The van der Waals surface area contributed by atoms with Crippen molar-refractivity contribution in [1.29, 1.82) is 0 Å².